The van der Waals surface area contributed by atoms with Crippen LogP contribution in [0.1, 0.15) is 11.1 Å². The minimum Gasteiger partial charge on any atom is -0.451 e. The van der Waals surface area contributed by atoms with Gasteiger partial charge in [0.1, 0.15) is 11.5 Å². The second-order valence-electron chi connectivity index (χ2n) is 17.8. The van der Waals surface area contributed by atoms with Crippen molar-refractivity contribution in [2.75, 3.05) is 0 Å². The summed E-state index contributed by atoms with van der Waals surface area (Å²) in [4.78, 5) is 103. The number of alkyl halides is 6. The highest BCUT2D eigenvalue weighted by Crippen LogP contribution is 2.57. The van der Waals surface area contributed by atoms with Gasteiger partial charge in [-0.25, -0.2) is 0 Å². The molecule has 0 N–H and O–H groups in total. The highest BCUT2D eigenvalue weighted by Gasteiger charge is 2.72. The summed E-state index contributed by atoms with van der Waals surface area (Å²) in [6, 6.07) is 2.77. The third-order valence-electron chi connectivity index (χ3n) is 13.4. The number of aromatic nitrogens is 4. The van der Waals surface area contributed by atoms with Gasteiger partial charge in [0, 0.05) is 28.2 Å². The fourth-order valence-corrected chi connectivity index (χ4v) is 9.32. The highest BCUT2D eigenvalue weighted by molar-refractivity contribution is 6.06. The van der Waals surface area contributed by atoms with Crippen LogP contribution in [0.3, 0.4) is 0 Å². The van der Waals surface area contributed by atoms with Gasteiger partial charge in [-0.05, 0) is 47.5 Å². The maximum Gasteiger partial charge on any atom is 0.411 e. The smallest absolute Gasteiger partial charge is 0.411 e. The van der Waals surface area contributed by atoms with Crippen molar-refractivity contribution in [2.24, 2.45) is 28.2 Å². The standard InChI is InChI=1S/C51H22F14N4O12/c1-66-41(70)19-13-20-24(46(75)67(2)42(20)71)35(23(19)45(66)74)80-39-31(56)27(52)37(28(53)32(39)57)78-17-9-5-15(6-10-17)49(50(60,61)62,51(63,64)65)16-7-11-18(12-8-16)79-38-29(54)33(58)40(34(59)30(38)55)81-36-25-21(43(72)68(3)47(25)76)14-22-26(36)48(77)69(4)44(22)73/h5-14H,1-4H3. The zero-order valence-electron chi connectivity index (χ0n) is 40.3. The minimum atomic E-state index is -6.41. The van der Waals surface area contributed by atoms with E-state index in [1.807, 2.05) is 0 Å². The average Bonchev–Trinajstić information content (AvgIpc) is 4.23. The van der Waals surface area contributed by atoms with Gasteiger partial charge in [0.25, 0.3) is 44.5 Å². The molecule has 30 heteroatoms. The Bertz CT molecular complexity index is 4360. The summed E-state index contributed by atoms with van der Waals surface area (Å²) in [5.74, 6) is -32.5. The predicted octanol–water partition coefficient (Wildman–Crippen LogP) is 7.98. The first-order valence-corrected chi connectivity index (χ1v) is 22.3. The first-order valence-electron chi connectivity index (χ1n) is 22.3. The van der Waals surface area contributed by atoms with E-state index in [1.54, 1.807) is 0 Å². The number of fused-ring (bicyclic) bond motifs is 4. The number of ether oxygens (including phenoxy) is 4. The molecule has 0 atom stereocenters. The number of hydrogen-bond acceptors (Lipinski definition) is 12. The van der Waals surface area contributed by atoms with Crippen LogP contribution < -0.4 is 63.4 Å². The molecule has 0 unspecified atom stereocenters. The molecular weight excluding hydrogens is 1130 g/mol. The van der Waals surface area contributed by atoms with Crippen molar-refractivity contribution in [3.8, 4) is 46.0 Å². The van der Waals surface area contributed by atoms with Gasteiger partial charge >= 0.3 is 12.4 Å². The van der Waals surface area contributed by atoms with Crippen LogP contribution in [0.15, 0.2) is 99.0 Å². The molecule has 0 radical (unpaired) electrons. The molecule has 16 nitrogen and oxygen atoms in total. The van der Waals surface area contributed by atoms with Crippen LogP contribution in [-0.2, 0) is 33.6 Å². The van der Waals surface area contributed by atoms with E-state index >= 15 is 61.5 Å². The van der Waals surface area contributed by atoms with Crippen molar-refractivity contribution in [2.45, 2.75) is 17.8 Å². The number of halogens is 14. The maximum atomic E-state index is 15.7. The van der Waals surface area contributed by atoms with Gasteiger partial charge in [0.05, 0.1) is 43.1 Å². The molecule has 10 rings (SSSR count). The van der Waals surface area contributed by atoms with Crippen molar-refractivity contribution in [3.63, 3.8) is 0 Å². The van der Waals surface area contributed by atoms with Gasteiger partial charge in [-0.3, -0.25) is 56.6 Å². The van der Waals surface area contributed by atoms with E-state index in [4.69, 9.17) is 18.9 Å². The minimum absolute atomic E-state index is 0.0534. The number of benzene rings is 6. The van der Waals surface area contributed by atoms with Crippen molar-refractivity contribution >= 4 is 43.1 Å². The zero-order chi connectivity index (χ0) is 59.3. The van der Waals surface area contributed by atoms with E-state index in [0.29, 0.717) is 18.3 Å². The molecule has 4 aromatic heterocycles. The molecule has 0 fully saturated rings. The van der Waals surface area contributed by atoms with Crippen LogP contribution in [0.25, 0.3) is 43.1 Å². The normalized spacial score (nSPS) is 12.5. The molecule has 6 aromatic carbocycles. The largest absolute Gasteiger partial charge is 0.451 e. The molecule has 0 saturated heterocycles. The molecule has 0 aliphatic carbocycles. The van der Waals surface area contributed by atoms with E-state index in [1.165, 1.54) is 0 Å². The summed E-state index contributed by atoms with van der Waals surface area (Å²) >= 11 is 0. The van der Waals surface area contributed by atoms with Gasteiger partial charge in [0.15, 0.2) is 11.5 Å². The summed E-state index contributed by atoms with van der Waals surface area (Å²) < 4.78 is 238. The van der Waals surface area contributed by atoms with E-state index in [9.17, 15) is 38.4 Å². The Kier molecular flexibility index (Phi) is 12.1. The van der Waals surface area contributed by atoms with Crippen molar-refractivity contribution in [3.05, 3.63) is 201 Å². The molecule has 10 aromatic rings. The van der Waals surface area contributed by atoms with Crippen LogP contribution in [0.4, 0.5) is 61.5 Å². The summed E-state index contributed by atoms with van der Waals surface area (Å²) in [6.07, 6.45) is -12.8. The molecular formula is C51H22F14N4O12. The van der Waals surface area contributed by atoms with Crippen molar-refractivity contribution < 1.29 is 80.4 Å². The van der Waals surface area contributed by atoms with Crippen LogP contribution in [-0.4, -0.2) is 30.6 Å². The molecule has 0 spiro atoms. The lowest BCUT2D eigenvalue weighted by molar-refractivity contribution is -0.288. The molecule has 4 heterocycles. The summed E-state index contributed by atoms with van der Waals surface area (Å²) in [5, 5.41) is -5.91. The van der Waals surface area contributed by atoms with Gasteiger partial charge in [0.2, 0.25) is 75.0 Å². The third kappa shape index (κ3) is 7.51. The molecule has 0 aliphatic heterocycles. The number of nitrogens with zero attached hydrogens (tertiary/aromatic N) is 4. The molecule has 0 amide bonds. The number of hydrogen-bond donors (Lipinski definition) is 0. The lowest BCUT2D eigenvalue weighted by atomic mass is 9.73. The van der Waals surface area contributed by atoms with E-state index in [-0.39, 0.29) is 48.5 Å². The third-order valence-corrected chi connectivity index (χ3v) is 13.4. The lowest BCUT2D eigenvalue weighted by Crippen LogP contribution is -2.54. The first kappa shape index (κ1) is 54.5. The summed E-state index contributed by atoms with van der Waals surface area (Å²) in [7, 11) is 3.72. The number of rotatable bonds is 10. The Labute approximate surface area is 434 Å². The van der Waals surface area contributed by atoms with Crippen LogP contribution in [0, 0.1) is 46.5 Å². The van der Waals surface area contributed by atoms with Gasteiger partial charge < -0.3 is 18.9 Å². The lowest BCUT2D eigenvalue weighted by Gasteiger charge is -2.38. The second-order valence-corrected chi connectivity index (χ2v) is 17.8. The van der Waals surface area contributed by atoms with Gasteiger partial charge in [-0.1, -0.05) is 24.3 Å². The Morgan fingerprint density at radius 2 is 0.519 bits per heavy atom. The molecule has 0 saturated carbocycles. The quantitative estimate of drug-likeness (QED) is 0.0949. The Morgan fingerprint density at radius 3 is 0.728 bits per heavy atom. The SMILES string of the molecule is Cn1c(=O)c2cc3c(=O)n(C)c(=O)c3c(Oc3c(F)c(F)c(Oc4ccc(C(c5ccc(Oc6c(F)c(F)c(Oc7c8c(=O)n(C)c(=O)c8cc8c(=O)n(C)c(=O)c78)c(F)c6F)cc5)(C(F)(F)F)C(F)(F)F)cc4)c(F)c3F)c2c1=O. The Hall–Kier alpha value is -9.90. The van der Waals surface area contributed by atoms with Crippen LogP contribution in [0.2, 0.25) is 0 Å². The predicted molar refractivity (Wildman–Crippen MR) is 252 cm³/mol. The maximum absolute atomic E-state index is 15.7. The summed E-state index contributed by atoms with van der Waals surface area (Å²) in [6.45, 7) is 0. The van der Waals surface area contributed by atoms with Crippen molar-refractivity contribution in [1.29, 1.82) is 0 Å². The van der Waals surface area contributed by atoms with E-state index in [2.05, 4.69) is 0 Å². The Morgan fingerprint density at radius 1 is 0.309 bits per heavy atom. The van der Waals surface area contributed by atoms with E-state index < -0.39 is 209 Å². The fourth-order valence-electron chi connectivity index (χ4n) is 9.32. The van der Waals surface area contributed by atoms with Crippen LogP contribution in [0.5, 0.6) is 46.0 Å². The molecule has 416 valence electrons. The molecule has 0 aliphatic rings. The Balaban J connectivity index is 0.973. The molecule has 81 heavy (non-hydrogen) atoms. The second kappa shape index (κ2) is 18.1. The van der Waals surface area contributed by atoms with Gasteiger partial charge in [-0.2, -0.15) is 61.5 Å². The molecule has 0 bridgehead atoms. The topological polar surface area (TPSA) is 193 Å². The van der Waals surface area contributed by atoms with Gasteiger partial charge in [-0.15, -0.1) is 0 Å². The fraction of sp³-hybridized carbons (Fsp3) is 0.137. The average molecular weight is 1150 g/mol. The monoisotopic (exact) mass is 1150 g/mol. The van der Waals surface area contributed by atoms with E-state index in [0.717, 1.165) is 40.3 Å². The zero-order valence-corrected chi connectivity index (χ0v) is 40.3. The first-order chi connectivity index (χ1) is 37.8. The van der Waals surface area contributed by atoms with Crippen molar-refractivity contribution in [1.82, 2.24) is 18.3 Å². The highest BCUT2D eigenvalue weighted by atomic mass is 19.4. The van der Waals surface area contributed by atoms with Crippen LogP contribution >= 0.6 is 0 Å². The summed E-state index contributed by atoms with van der Waals surface area (Å²) in [5.41, 5.74) is -18.0.